The largest absolute Gasteiger partial charge is 0.461 e. The molecule has 2 aromatic heterocycles. The lowest BCUT2D eigenvalue weighted by Crippen LogP contribution is -2.49. The first-order valence-corrected chi connectivity index (χ1v) is 10.2. The van der Waals surface area contributed by atoms with E-state index in [0.717, 1.165) is 0 Å². The molecule has 1 aliphatic rings. The normalized spacial score (nSPS) is 15.7. The number of carbonyl (C=O) groups is 1. The zero-order valence-electron chi connectivity index (χ0n) is 15.6. The van der Waals surface area contributed by atoms with Crippen molar-refractivity contribution in [1.29, 1.82) is 0 Å². The van der Waals surface area contributed by atoms with Crippen LogP contribution < -0.4 is 4.90 Å². The molecule has 0 saturated carbocycles. The number of hydrogen-bond donors (Lipinski definition) is 1. The Balaban J connectivity index is 1.81. The van der Waals surface area contributed by atoms with Gasteiger partial charge in [0.05, 0.1) is 6.61 Å². The summed E-state index contributed by atoms with van der Waals surface area (Å²) in [4.78, 5) is 25.4. The van der Waals surface area contributed by atoms with Gasteiger partial charge in [0.25, 0.3) is 0 Å². The zero-order chi connectivity index (χ0) is 19.6. The quantitative estimate of drug-likeness (QED) is 0.758. The van der Waals surface area contributed by atoms with Crippen molar-refractivity contribution in [2.45, 2.75) is 25.7 Å². The SMILES string of the molecule is CCOC(=O)c1[nH]c(C)c(S(=O)(=O)N2CCN(c3ncccn3)CC2)c1C. The Morgan fingerprint density at radius 1 is 1.19 bits per heavy atom. The molecule has 0 aliphatic carbocycles. The molecule has 146 valence electrons. The van der Waals surface area contributed by atoms with Crippen molar-refractivity contribution in [2.75, 3.05) is 37.7 Å². The summed E-state index contributed by atoms with van der Waals surface area (Å²) in [5, 5.41) is 0. The number of H-pyrrole nitrogens is 1. The maximum Gasteiger partial charge on any atom is 0.355 e. The van der Waals surface area contributed by atoms with Gasteiger partial charge in [-0.15, -0.1) is 0 Å². The number of ether oxygens (including phenoxy) is 1. The molecule has 0 unspecified atom stereocenters. The fourth-order valence-corrected chi connectivity index (χ4v) is 5.07. The predicted octanol–water partition coefficient (Wildman–Crippen LogP) is 1.11. The van der Waals surface area contributed by atoms with Gasteiger partial charge in [-0.25, -0.2) is 23.2 Å². The molecule has 9 nitrogen and oxygen atoms in total. The summed E-state index contributed by atoms with van der Waals surface area (Å²) in [5.41, 5.74) is 1.01. The van der Waals surface area contributed by atoms with Gasteiger partial charge in [0, 0.05) is 49.8 Å². The van der Waals surface area contributed by atoms with Crippen LogP contribution in [0.3, 0.4) is 0 Å². The molecular formula is C17H23N5O4S. The third-order valence-electron chi connectivity index (χ3n) is 4.52. The molecule has 1 saturated heterocycles. The third-order valence-corrected chi connectivity index (χ3v) is 6.69. The van der Waals surface area contributed by atoms with Crippen molar-refractivity contribution in [3.05, 3.63) is 35.4 Å². The number of rotatable bonds is 5. The molecule has 10 heteroatoms. The van der Waals surface area contributed by atoms with Gasteiger partial charge in [0.1, 0.15) is 10.6 Å². The Morgan fingerprint density at radius 2 is 1.81 bits per heavy atom. The van der Waals surface area contributed by atoms with E-state index in [2.05, 4.69) is 15.0 Å². The average molecular weight is 393 g/mol. The van der Waals surface area contributed by atoms with Crippen LogP contribution in [0.25, 0.3) is 0 Å². The zero-order valence-corrected chi connectivity index (χ0v) is 16.4. The maximum atomic E-state index is 13.2. The molecule has 3 heterocycles. The standard InChI is InChI=1S/C17H23N5O4S/c1-4-26-16(23)14-12(2)15(13(3)20-14)27(24,25)22-10-8-21(9-11-22)17-18-6-5-7-19-17/h5-7,20H,4,8-11H2,1-3H3. The van der Waals surface area contributed by atoms with Crippen molar-refractivity contribution < 1.29 is 17.9 Å². The molecule has 0 radical (unpaired) electrons. The maximum absolute atomic E-state index is 13.2. The molecule has 1 fully saturated rings. The molecular weight excluding hydrogens is 370 g/mol. The van der Waals surface area contributed by atoms with Crippen molar-refractivity contribution in [3.63, 3.8) is 0 Å². The predicted molar refractivity (Wildman–Crippen MR) is 99.2 cm³/mol. The lowest BCUT2D eigenvalue weighted by molar-refractivity contribution is 0.0519. The monoisotopic (exact) mass is 393 g/mol. The van der Waals surface area contributed by atoms with Crippen LogP contribution >= 0.6 is 0 Å². The molecule has 27 heavy (non-hydrogen) atoms. The highest BCUT2D eigenvalue weighted by Gasteiger charge is 2.34. The lowest BCUT2D eigenvalue weighted by atomic mass is 10.2. The van der Waals surface area contributed by atoms with Crippen LogP contribution in [0.4, 0.5) is 5.95 Å². The number of anilines is 1. The first kappa shape index (κ1) is 19.3. The molecule has 1 N–H and O–H groups in total. The highest BCUT2D eigenvalue weighted by Crippen LogP contribution is 2.28. The van der Waals surface area contributed by atoms with Crippen LogP contribution in [0, 0.1) is 13.8 Å². The van der Waals surface area contributed by atoms with E-state index < -0.39 is 16.0 Å². The summed E-state index contributed by atoms with van der Waals surface area (Å²) >= 11 is 0. The number of piperazine rings is 1. The minimum absolute atomic E-state index is 0.148. The van der Waals surface area contributed by atoms with Gasteiger partial charge >= 0.3 is 5.97 Å². The molecule has 0 spiro atoms. The summed E-state index contributed by atoms with van der Waals surface area (Å²) in [6.07, 6.45) is 3.32. The van der Waals surface area contributed by atoms with Gasteiger partial charge in [-0.1, -0.05) is 0 Å². The fourth-order valence-electron chi connectivity index (χ4n) is 3.24. The summed E-state index contributed by atoms with van der Waals surface area (Å²) < 4.78 is 32.8. The Morgan fingerprint density at radius 3 is 2.41 bits per heavy atom. The number of esters is 1. The van der Waals surface area contributed by atoms with Gasteiger partial charge in [-0.3, -0.25) is 0 Å². The van der Waals surface area contributed by atoms with Crippen LogP contribution in [-0.2, 0) is 14.8 Å². The molecule has 0 bridgehead atoms. The fraction of sp³-hybridized carbons (Fsp3) is 0.471. The van der Waals surface area contributed by atoms with E-state index in [9.17, 15) is 13.2 Å². The van der Waals surface area contributed by atoms with Crippen molar-refractivity contribution >= 4 is 21.9 Å². The number of aryl methyl sites for hydroxylation is 1. The highest BCUT2D eigenvalue weighted by molar-refractivity contribution is 7.89. The van der Waals surface area contributed by atoms with E-state index in [4.69, 9.17) is 4.74 Å². The summed E-state index contributed by atoms with van der Waals surface area (Å²) in [6, 6.07) is 1.74. The highest BCUT2D eigenvalue weighted by atomic mass is 32.2. The Bertz CT molecular complexity index is 918. The first-order valence-electron chi connectivity index (χ1n) is 8.74. The molecule has 0 amide bonds. The number of carbonyl (C=O) groups excluding carboxylic acids is 1. The van der Waals surface area contributed by atoms with Crippen molar-refractivity contribution in [1.82, 2.24) is 19.3 Å². The van der Waals surface area contributed by atoms with Crippen molar-refractivity contribution in [2.24, 2.45) is 0 Å². The Labute approximate surface area is 158 Å². The summed E-state index contributed by atoms with van der Waals surface area (Å²) in [5.74, 6) is 0.0405. The second kappa shape index (κ2) is 7.65. The number of hydrogen-bond acceptors (Lipinski definition) is 7. The van der Waals surface area contributed by atoms with Gasteiger partial charge < -0.3 is 14.6 Å². The molecule has 2 aromatic rings. The van der Waals surface area contributed by atoms with E-state index >= 15 is 0 Å². The number of aromatic amines is 1. The number of aromatic nitrogens is 3. The third kappa shape index (κ3) is 3.67. The average Bonchev–Trinajstić information content (AvgIpc) is 2.98. The van der Waals surface area contributed by atoms with Crippen LogP contribution in [0.15, 0.2) is 23.4 Å². The van der Waals surface area contributed by atoms with E-state index in [0.29, 0.717) is 43.4 Å². The molecule has 0 aromatic carbocycles. The van der Waals surface area contributed by atoms with E-state index in [1.54, 1.807) is 39.2 Å². The number of nitrogens with one attached hydrogen (secondary N) is 1. The minimum atomic E-state index is -3.73. The minimum Gasteiger partial charge on any atom is -0.461 e. The van der Waals surface area contributed by atoms with Gasteiger partial charge in [0.15, 0.2) is 0 Å². The van der Waals surface area contributed by atoms with Gasteiger partial charge in [-0.05, 0) is 26.8 Å². The topological polar surface area (TPSA) is 108 Å². The van der Waals surface area contributed by atoms with Crippen LogP contribution in [0.5, 0.6) is 0 Å². The van der Waals surface area contributed by atoms with E-state index in [1.165, 1.54) is 4.31 Å². The Kier molecular flexibility index (Phi) is 5.47. The van der Waals surface area contributed by atoms with Crippen LogP contribution in [-0.4, -0.2) is 66.4 Å². The summed E-state index contributed by atoms with van der Waals surface area (Å²) in [7, 11) is -3.73. The van der Waals surface area contributed by atoms with Gasteiger partial charge in [0.2, 0.25) is 16.0 Å². The Hall–Kier alpha value is -2.46. The van der Waals surface area contributed by atoms with Crippen molar-refractivity contribution in [3.8, 4) is 0 Å². The second-order valence-electron chi connectivity index (χ2n) is 6.24. The smallest absolute Gasteiger partial charge is 0.355 e. The number of sulfonamides is 1. The van der Waals surface area contributed by atoms with E-state index in [-0.39, 0.29) is 17.2 Å². The molecule has 0 atom stereocenters. The van der Waals surface area contributed by atoms with E-state index in [1.807, 2.05) is 4.90 Å². The second-order valence-corrected chi connectivity index (χ2v) is 8.11. The molecule has 1 aliphatic heterocycles. The summed E-state index contributed by atoms with van der Waals surface area (Å²) in [6.45, 7) is 6.83. The number of nitrogens with zero attached hydrogens (tertiary/aromatic N) is 4. The lowest BCUT2D eigenvalue weighted by Gasteiger charge is -2.34. The molecule has 3 rings (SSSR count). The van der Waals surface area contributed by atoms with Crippen LogP contribution in [0.2, 0.25) is 0 Å². The first-order chi connectivity index (χ1) is 12.9. The van der Waals surface area contributed by atoms with Crippen LogP contribution in [0.1, 0.15) is 28.7 Å². The van der Waals surface area contributed by atoms with Gasteiger partial charge in [-0.2, -0.15) is 4.31 Å².